The summed E-state index contributed by atoms with van der Waals surface area (Å²) in [6.07, 6.45) is 0.307. The van der Waals surface area contributed by atoms with Crippen LogP contribution in [0.15, 0.2) is 6.20 Å². The van der Waals surface area contributed by atoms with E-state index in [9.17, 15) is 4.39 Å². The number of aliphatic hydroxyl groups excluding tert-OH is 1. The molecule has 0 aliphatic carbocycles. The van der Waals surface area contributed by atoms with Crippen LogP contribution in [0.2, 0.25) is 4.47 Å². The van der Waals surface area contributed by atoms with Gasteiger partial charge >= 0.3 is 0 Å². The molecule has 5 heteroatoms. The number of hydrogen-bond acceptors (Lipinski definition) is 3. The van der Waals surface area contributed by atoms with Gasteiger partial charge in [0.2, 0.25) is 0 Å². The van der Waals surface area contributed by atoms with Crippen LogP contribution in [0.5, 0.6) is 0 Å². The number of aliphatic hydroxyl groups is 1. The quantitative estimate of drug-likeness (QED) is 0.755. The number of hydrogen-bond donors (Lipinski definition) is 1. The highest BCUT2D eigenvalue weighted by Gasteiger charge is 2.09. The summed E-state index contributed by atoms with van der Waals surface area (Å²) in [6.45, 7) is -0.793. The van der Waals surface area contributed by atoms with Gasteiger partial charge in [-0.3, -0.25) is 0 Å². The molecule has 2 nitrogen and oxygen atoms in total. The number of alkyl halides is 1. The Bertz CT molecular complexity index is 217. The van der Waals surface area contributed by atoms with Crippen LogP contribution in [0.1, 0.15) is 11.0 Å². The Morgan fingerprint density at radius 1 is 1.90 bits per heavy atom. The first-order valence-electron chi connectivity index (χ1n) is 2.59. The van der Waals surface area contributed by atoms with Crippen molar-refractivity contribution in [1.82, 2.24) is 4.98 Å². The van der Waals surface area contributed by atoms with E-state index in [4.69, 9.17) is 16.7 Å². The molecule has 0 radical (unpaired) electrons. The third kappa shape index (κ3) is 1.65. The van der Waals surface area contributed by atoms with E-state index in [1.54, 1.807) is 0 Å². The van der Waals surface area contributed by atoms with Crippen LogP contribution in [-0.4, -0.2) is 16.8 Å². The highest BCUT2D eigenvalue weighted by molar-refractivity contribution is 7.15. The van der Waals surface area contributed by atoms with Crippen molar-refractivity contribution in [1.29, 1.82) is 0 Å². The molecule has 1 N–H and O–H groups in total. The second kappa shape index (κ2) is 3.27. The maximum atomic E-state index is 11.8. The fourth-order valence-corrected chi connectivity index (χ4v) is 1.41. The van der Waals surface area contributed by atoms with E-state index >= 15 is 0 Å². The molecule has 0 amide bonds. The van der Waals surface area contributed by atoms with Crippen molar-refractivity contribution in [3.8, 4) is 0 Å². The van der Waals surface area contributed by atoms with E-state index in [-0.39, 0.29) is 0 Å². The topological polar surface area (TPSA) is 33.1 Å². The van der Waals surface area contributed by atoms with Crippen molar-refractivity contribution in [2.24, 2.45) is 0 Å². The average molecular weight is 182 g/mol. The van der Waals surface area contributed by atoms with E-state index < -0.39 is 12.8 Å². The lowest BCUT2D eigenvalue weighted by molar-refractivity contribution is 0.145. The molecule has 1 aromatic rings. The molecule has 1 aromatic heterocycles. The van der Waals surface area contributed by atoms with Crippen LogP contribution in [0.25, 0.3) is 0 Å². The molecule has 1 unspecified atom stereocenters. The maximum absolute atomic E-state index is 11.8. The van der Waals surface area contributed by atoms with Gasteiger partial charge in [-0.15, -0.1) is 11.3 Å². The Kier molecular flexibility index (Phi) is 2.59. The molecule has 0 spiro atoms. The molecular weight excluding hydrogens is 177 g/mol. The van der Waals surface area contributed by atoms with Crippen molar-refractivity contribution >= 4 is 22.9 Å². The molecule has 1 heterocycles. The van der Waals surface area contributed by atoms with Crippen LogP contribution < -0.4 is 0 Å². The zero-order valence-electron chi connectivity index (χ0n) is 4.92. The SMILES string of the molecule is OC(CF)c1cnc(Cl)s1. The van der Waals surface area contributed by atoms with Crippen LogP contribution in [-0.2, 0) is 0 Å². The molecule has 0 saturated carbocycles. The van der Waals surface area contributed by atoms with E-state index in [1.807, 2.05) is 0 Å². The molecule has 0 saturated heterocycles. The van der Waals surface area contributed by atoms with Crippen LogP contribution in [0, 0.1) is 0 Å². The minimum absolute atomic E-state index is 0.322. The van der Waals surface area contributed by atoms with Crippen LogP contribution in [0.4, 0.5) is 4.39 Å². The number of nitrogens with zero attached hydrogens (tertiary/aromatic N) is 1. The summed E-state index contributed by atoms with van der Waals surface area (Å²) in [5, 5.41) is 8.88. The van der Waals surface area contributed by atoms with Crippen LogP contribution in [0.3, 0.4) is 0 Å². The van der Waals surface area contributed by atoms with Crippen molar-refractivity contribution in [2.45, 2.75) is 6.10 Å². The molecule has 56 valence electrons. The third-order valence-corrected chi connectivity index (χ3v) is 2.19. The Morgan fingerprint density at radius 2 is 2.60 bits per heavy atom. The van der Waals surface area contributed by atoms with E-state index in [2.05, 4.69) is 4.98 Å². The predicted molar refractivity (Wildman–Crippen MR) is 38.1 cm³/mol. The molecular formula is C5H5ClFNOS. The fourth-order valence-electron chi connectivity index (χ4n) is 0.494. The summed E-state index contributed by atoms with van der Waals surface area (Å²) in [5.74, 6) is 0. The minimum Gasteiger partial charge on any atom is -0.385 e. The minimum atomic E-state index is -1.06. The maximum Gasteiger partial charge on any atom is 0.183 e. The van der Waals surface area contributed by atoms with Gasteiger partial charge in [0.05, 0.1) is 4.88 Å². The van der Waals surface area contributed by atoms with E-state index in [0.717, 1.165) is 11.3 Å². The Labute approximate surface area is 66.3 Å². The summed E-state index contributed by atoms with van der Waals surface area (Å²) >= 11 is 6.52. The Hall–Kier alpha value is -0.190. The monoisotopic (exact) mass is 181 g/mol. The zero-order valence-corrected chi connectivity index (χ0v) is 6.49. The molecule has 0 fully saturated rings. The van der Waals surface area contributed by atoms with Crippen molar-refractivity contribution < 1.29 is 9.50 Å². The first kappa shape index (κ1) is 7.91. The Morgan fingerprint density at radius 3 is 3.00 bits per heavy atom. The fraction of sp³-hybridized carbons (Fsp3) is 0.400. The first-order valence-corrected chi connectivity index (χ1v) is 3.78. The normalized spacial score (nSPS) is 13.5. The lowest BCUT2D eigenvalue weighted by atomic mass is 10.3. The average Bonchev–Trinajstić information content (AvgIpc) is 2.34. The smallest absolute Gasteiger partial charge is 0.183 e. The van der Waals surface area contributed by atoms with Gasteiger partial charge in [0.1, 0.15) is 12.8 Å². The molecule has 0 aromatic carbocycles. The number of halogens is 2. The van der Waals surface area contributed by atoms with E-state index in [1.165, 1.54) is 6.20 Å². The molecule has 0 bridgehead atoms. The highest BCUT2D eigenvalue weighted by Crippen LogP contribution is 2.23. The third-order valence-electron chi connectivity index (χ3n) is 0.970. The van der Waals surface area contributed by atoms with Gasteiger partial charge in [-0.25, -0.2) is 9.37 Å². The zero-order chi connectivity index (χ0) is 7.56. The first-order chi connectivity index (χ1) is 4.74. The largest absolute Gasteiger partial charge is 0.385 e. The van der Waals surface area contributed by atoms with E-state index in [0.29, 0.717) is 9.34 Å². The molecule has 0 aliphatic rings. The van der Waals surface area contributed by atoms with Gasteiger partial charge in [0.25, 0.3) is 0 Å². The predicted octanol–water partition coefficient (Wildman–Crippen LogP) is 1.80. The van der Waals surface area contributed by atoms with Crippen molar-refractivity contribution in [3.63, 3.8) is 0 Å². The van der Waals surface area contributed by atoms with Gasteiger partial charge in [-0.2, -0.15) is 0 Å². The van der Waals surface area contributed by atoms with Crippen LogP contribution >= 0.6 is 22.9 Å². The summed E-state index contributed by atoms with van der Waals surface area (Å²) in [6, 6.07) is 0. The second-order valence-electron chi connectivity index (χ2n) is 1.69. The lowest BCUT2D eigenvalue weighted by Crippen LogP contribution is -1.94. The Balaban J connectivity index is 2.74. The molecule has 1 rings (SSSR count). The number of aromatic nitrogens is 1. The number of rotatable bonds is 2. The van der Waals surface area contributed by atoms with Gasteiger partial charge in [-0.05, 0) is 0 Å². The summed E-state index contributed by atoms with van der Waals surface area (Å²) in [4.78, 5) is 4.11. The standard InChI is InChI=1S/C5H5ClFNOS/c6-5-8-2-4(10-5)3(9)1-7/h2-3,9H,1H2. The second-order valence-corrected chi connectivity index (χ2v) is 3.33. The molecule has 10 heavy (non-hydrogen) atoms. The van der Waals surface area contributed by atoms with Gasteiger partial charge in [0.15, 0.2) is 4.47 Å². The van der Waals surface area contributed by atoms with Gasteiger partial charge < -0.3 is 5.11 Å². The molecule has 1 atom stereocenters. The lowest BCUT2D eigenvalue weighted by Gasteiger charge is -1.98. The highest BCUT2D eigenvalue weighted by atomic mass is 35.5. The van der Waals surface area contributed by atoms with Gasteiger partial charge in [0, 0.05) is 6.20 Å². The summed E-state index contributed by atoms with van der Waals surface area (Å²) in [7, 11) is 0. The van der Waals surface area contributed by atoms with Crippen molar-refractivity contribution in [3.05, 3.63) is 15.5 Å². The number of thiazole rings is 1. The van der Waals surface area contributed by atoms with Crippen molar-refractivity contribution in [2.75, 3.05) is 6.67 Å². The van der Waals surface area contributed by atoms with Gasteiger partial charge in [-0.1, -0.05) is 11.6 Å². The summed E-state index contributed by atoms with van der Waals surface area (Å²) < 4.78 is 12.1. The summed E-state index contributed by atoms with van der Waals surface area (Å²) in [5.41, 5.74) is 0. The molecule has 0 aliphatic heterocycles.